The minimum absolute atomic E-state index is 0.00155. The number of carbonyl (C=O) groups excluding carboxylic acids is 15. The maximum absolute atomic E-state index is 15.6. The number of H-pyrrole nitrogens is 2. The largest absolute Gasteiger partial charge is 0.480 e. The quantitative estimate of drug-likeness (QED) is 0.00849. The van der Waals surface area contributed by atoms with Crippen LogP contribution in [-0.2, 0) is 89.6 Å². The van der Waals surface area contributed by atoms with Crippen LogP contribution in [0.5, 0.6) is 0 Å². The first-order chi connectivity index (χ1) is 65.8. The van der Waals surface area contributed by atoms with E-state index in [9.17, 15) is 57.8 Å². The molecule has 138 heavy (non-hydrogen) atoms. The number of thiol groups is 1. The Kier molecular flexibility index (Phi) is 54.9. The number of guanidine groups is 3. The van der Waals surface area contributed by atoms with Gasteiger partial charge in [-0.3, -0.25) is 92.9 Å². The lowest BCUT2D eigenvalue weighted by Crippen LogP contribution is -2.61. The number of amides is 15. The van der Waals surface area contributed by atoms with Gasteiger partial charge in [-0.25, -0.2) is 0 Å². The van der Waals surface area contributed by atoms with Crippen molar-refractivity contribution in [2.75, 3.05) is 70.1 Å². The second-order valence-corrected chi connectivity index (χ2v) is 35.3. The summed E-state index contributed by atoms with van der Waals surface area (Å²) in [5.74, 6) is -16.4. The van der Waals surface area contributed by atoms with Gasteiger partial charge in [0.25, 0.3) is 0 Å². The van der Waals surface area contributed by atoms with Crippen LogP contribution in [0.15, 0.2) is 60.9 Å². The molecule has 4 rings (SSSR count). The van der Waals surface area contributed by atoms with E-state index in [2.05, 4.69) is 113 Å². The summed E-state index contributed by atoms with van der Waals surface area (Å²) < 4.78 is 0. The molecule has 0 fully saturated rings. The number of benzene rings is 2. The van der Waals surface area contributed by atoms with Crippen LogP contribution in [0.25, 0.3) is 21.8 Å². The lowest BCUT2D eigenvalue weighted by molar-refractivity contribution is -0.141. The van der Waals surface area contributed by atoms with E-state index in [0.717, 1.165) is 0 Å². The van der Waals surface area contributed by atoms with Crippen molar-refractivity contribution in [1.29, 1.82) is 16.2 Å². The molecule has 4 aromatic rings. The second kappa shape index (κ2) is 64.4. The monoisotopic (exact) mass is 1970 g/mol. The Morgan fingerprint density at radius 2 is 0.681 bits per heavy atom. The third-order valence-electron chi connectivity index (χ3n) is 22.2. The zero-order valence-corrected chi connectivity index (χ0v) is 80.7. The molecule has 15 amide bonds. The van der Waals surface area contributed by atoms with Crippen molar-refractivity contribution >= 4 is 159 Å². The molecule has 2 heterocycles. The van der Waals surface area contributed by atoms with Crippen molar-refractivity contribution in [2.45, 2.75) is 259 Å². The SMILES string of the molecule is CSCC[C@H](NC(=O)[C@H](CCCNC(=N)N)NC(=O)[C@H](Cc1c[nH]c2ccccc12)NC(=O)[C@H](CCC(N)=O)NC(=O)[C@H](Cc1c[nH]c2ccccc12)NC(=O)[C@H](CCCNC(=N)N)NC(=O)[C@H](CCCNC(=N)N)NC(=O)[C@H](CS)NC(=O)[C@H](CCCCN)NC(=O)[C@@H](N)CCCCN)C(=O)N[C@@H](CCCCN)C(=O)N[C@@H](CCCCN)C(=O)N[C@@H](CC(C)C)C(=O)NCC(=O)N[C@@H](C)C(=O)O. The summed E-state index contributed by atoms with van der Waals surface area (Å²) in [5.41, 5.74) is 54.1. The number of unbranched alkanes of at least 4 members (excludes halogenated alkanes) is 4. The number of primary amides is 1. The Morgan fingerprint density at radius 1 is 0.377 bits per heavy atom. The van der Waals surface area contributed by atoms with Crippen LogP contribution in [0, 0.1) is 22.1 Å². The van der Waals surface area contributed by atoms with Gasteiger partial charge in [0, 0.05) is 78.8 Å². The lowest BCUT2D eigenvalue weighted by atomic mass is 10.0. The summed E-state index contributed by atoms with van der Waals surface area (Å²) in [5, 5.41) is 79.0. The summed E-state index contributed by atoms with van der Waals surface area (Å²) in [6.07, 6.45) is 6.24. The van der Waals surface area contributed by atoms with Crippen molar-refractivity contribution in [3.05, 3.63) is 72.1 Å². The molecule has 0 saturated heterocycles. The van der Waals surface area contributed by atoms with E-state index in [-0.39, 0.29) is 153 Å². The number of fused-ring (bicyclic) bond motifs is 2. The van der Waals surface area contributed by atoms with Crippen molar-refractivity contribution < 1.29 is 81.8 Å². The van der Waals surface area contributed by atoms with Crippen LogP contribution in [0.2, 0.25) is 0 Å². The zero-order valence-electron chi connectivity index (χ0n) is 79.0. The Hall–Kier alpha value is -12.6. The first kappa shape index (κ1) is 118. The topological polar surface area (TPSA) is 835 Å². The van der Waals surface area contributed by atoms with Gasteiger partial charge < -0.3 is 157 Å². The molecular weight excluding hydrogens is 1830 g/mol. The number of aromatic nitrogens is 2. The highest BCUT2D eigenvalue weighted by molar-refractivity contribution is 7.98. The third-order valence-corrected chi connectivity index (χ3v) is 23.3. The number of hydrogen-bond donors (Lipinski definition) is 33. The van der Waals surface area contributed by atoms with E-state index in [1.807, 2.05) is 0 Å². The summed E-state index contributed by atoms with van der Waals surface area (Å²) in [7, 11) is 0. The second-order valence-electron chi connectivity index (χ2n) is 34.0. The van der Waals surface area contributed by atoms with Crippen molar-refractivity contribution in [3.8, 4) is 0 Å². The number of carboxylic acids is 1. The molecule has 768 valence electrons. The van der Waals surface area contributed by atoms with E-state index >= 15 is 24.0 Å². The van der Waals surface area contributed by atoms with E-state index in [4.69, 9.17) is 67.8 Å². The molecule has 0 aliphatic heterocycles. The van der Waals surface area contributed by atoms with E-state index in [1.54, 1.807) is 81.0 Å². The van der Waals surface area contributed by atoms with Crippen molar-refractivity contribution in [1.82, 2.24) is 100 Å². The Labute approximate surface area is 812 Å². The minimum Gasteiger partial charge on any atom is -0.480 e. The highest BCUT2D eigenvalue weighted by Crippen LogP contribution is 2.23. The van der Waals surface area contributed by atoms with Gasteiger partial charge in [-0.15, -0.1) is 0 Å². The highest BCUT2D eigenvalue weighted by atomic mass is 32.2. The minimum atomic E-state index is -1.79. The molecule has 2 aromatic carbocycles. The Morgan fingerprint density at radius 3 is 1.01 bits per heavy atom. The molecule has 0 unspecified atom stereocenters. The summed E-state index contributed by atoms with van der Waals surface area (Å²) in [6.45, 7) is 5.16. The fraction of sp³-hybridized carbons (Fsp3) is 0.602. The van der Waals surface area contributed by atoms with Gasteiger partial charge in [-0.1, -0.05) is 56.7 Å². The number of rotatable bonds is 70. The number of thioether (sulfide) groups is 1. The molecule has 0 radical (unpaired) electrons. The molecule has 0 spiro atoms. The standard InChI is InChI=1S/C88H147N31O17S2/c1-49(2)42-66(73(123)106-47-71(121)107-50(3)85(135)136)116-77(127)60(27-12-16-37-92)109-74(124)59(26-11-15-36-91)110-81(131)65(33-41-138-4)115-76(126)61(28-17-38-101-86(95)96)112-82(132)67(43-51-45-104-56-23-7-5-20-53(51)56)118-80(130)64(31-32-70(94)120)114-83(133)68(44-52-46-105-57-24-8-6-21-54(52)57)117-78(128)63(30-19-40-103-88(99)100)111-75(125)62(29-18-39-102-87(97)98)113-84(134)69(48-137)119-79(129)58(25-10-14-35-90)108-72(122)55(93)22-9-13-34-89/h5-8,20-21,23-24,45-46,49-50,55,58-69,104-105,137H,9-19,22,25-44,47-48,89-93H2,1-4H3,(H2,94,120)(H,106,123)(H,107,121)(H,108,122)(H,109,124)(H,110,131)(H,111,125)(H,112,132)(H,113,134)(H,114,133)(H,115,126)(H,116,127)(H,117,128)(H,118,130)(H,119,129)(H,135,136)(H4,95,96,101)(H4,97,98,102)(H4,99,100,103)/t50-,55-,58-,59-,60-,61-,62-,63-,64-,65-,66-,67-,68-,69-/m0/s1. The lowest BCUT2D eigenvalue weighted by Gasteiger charge is -2.29. The average Bonchev–Trinajstić information content (AvgIpc) is 1.64. The van der Waals surface area contributed by atoms with Crippen LogP contribution in [-0.4, -0.2) is 282 Å². The van der Waals surface area contributed by atoms with Crippen LogP contribution >= 0.6 is 24.4 Å². The van der Waals surface area contributed by atoms with E-state index in [0.29, 0.717) is 84.4 Å². The molecule has 0 aliphatic rings. The number of nitrogens with one attached hydrogen (secondary N) is 22. The van der Waals surface area contributed by atoms with Gasteiger partial charge in [0.05, 0.1) is 12.6 Å². The number of carbonyl (C=O) groups is 16. The summed E-state index contributed by atoms with van der Waals surface area (Å²) in [4.78, 5) is 235. The number of carboxylic acid groups (broad SMARTS) is 1. The van der Waals surface area contributed by atoms with Gasteiger partial charge >= 0.3 is 5.97 Å². The maximum Gasteiger partial charge on any atom is 0.325 e. The number of aromatic amines is 2. The number of nitrogens with two attached hydrogens (primary N) is 9. The molecule has 41 N–H and O–H groups in total. The highest BCUT2D eigenvalue weighted by Gasteiger charge is 2.39. The summed E-state index contributed by atoms with van der Waals surface area (Å²) >= 11 is 5.67. The Balaban J connectivity index is 1.80. The average molecular weight is 1980 g/mol. The molecular formula is C88H147N31O17S2. The molecule has 14 atom stereocenters. The van der Waals surface area contributed by atoms with E-state index < -0.39 is 216 Å². The molecule has 50 heteroatoms. The van der Waals surface area contributed by atoms with Gasteiger partial charge in [-0.2, -0.15) is 24.4 Å². The van der Waals surface area contributed by atoms with Gasteiger partial charge in [-0.05, 0) is 203 Å². The predicted octanol–water partition coefficient (Wildman–Crippen LogP) is -5.41. The summed E-state index contributed by atoms with van der Waals surface area (Å²) in [6, 6.07) is -6.33. The maximum atomic E-state index is 15.6. The van der Waals surface area contributed by atoms with Crippen molar-refractivity contribution in [2.24, 2.45) is 57.5 Å². The number of aliphatic carboxylic acids is 1. The Bertz CT molecular complexity index is 4660. The smallest absolute Gasteiger partial charge is 0.325 e. The van der Waals surface area contributed by atoms with E-state index in [1.165, 1.54) is 18.7 Å². The third kappa shape index (κ3) is 44.2. The molecule has 0 aliphatic carbocycles. The van der Waals surface area contributed by atoms with Crippen LogP contribution in [0.4, 0.5) is 0 Å². The van der Waals surface area contributed by atoms with Gasteiger partial charge in [0.2, 0.25) is 88.6 Å². The molecule has 2 aromatic heterocycles. The van der Waals surface area contributed by atoms with Crippen molar-refractivity contribution in [3.63, 3.8) is 0 Å². The normalized spacial score (nSPS) is 14.2. The van der Waals surface area contributed by atoms with Crippen LogP contribution < -0.4 is 142 Å². The van der Waals surface area contributed by atoms with Crippen LogP contribution in [0.1, 0.15) is 173 Å². The molecule has 0 saturated carbocycles. The van der Waals surface area contributed by atoms with Gasteiger partial charge in [0.15, 0.2) is 17.9 Å². The van der Waals surface area contributed by atoms with Gasteiger partial charge in [0.1, 0.15) is 78.5 Å². The molecule has 48 nitrogen and oxygen atoms in total. The first-order valence-corrected chi connectivity index (χ1v) is 48.5. The first-order valence-electron chi connectivity index (χ1n) is 46.5. The molecule has 0 bridgehead atoms. The number of para-hydroxylation sites is 2. The number of hydrogen-bond acceptors (Lipinski definition) is 26. The predicted molar refractivity (Wildman–Crippen MR) is 527 cm³/mol. The fourth-order valence-electron chi connectivity index (χ4n) is 14.7. The fourth-order valence-corrected chi connectivity index (χ4v) is 15.4. The van der Waals surface area contributed by atoms with Crippen LogP contribution in [0.3, 0.4) is 0 Å². The zero-order chi connectivity index (χ0) is 102.